The van der Waals surface area contributed by atoms with Gasteiger partial charge in [-0.3, -0.25) is 14.4 Å². The number of carbonyl (C=O) groups excluding carboxylic acids is 3. The molecular weight excluding hydrogens is 433 g/mol. The molecule has 0 fully saturated rings. The molecule has 3 amide bonds. The van der Waals surface area contributed by atoms with Crippen molar-refractivity contribution in [1.82, 2.24) is 5.43 Å². The molecule has 0 aromatic heterocycles. The summed E-state index contributed by atoms with van der Waals surface area (Å²) < 4.78 is 48.1. The van der Waals surface area contributed by atoms with Gasteiger partial charge in [0.25, 0.3) is 5.91 Å². The Labute approximate surface area is 180 Å². The maximum absolute atomic E-state index is 12.6. The lowest BCUT2D eigenvalue weighted by atomic mass is 10.1. The van der Waals surface area contributed by atoms with Crippen LogP contribution < -0.4 is 25.9 Å². The fourth-order valence-electron chi connectivity index (χ4n) is 2.34. The van der Waals surface area contributed by atoms with Gasteiger partial charge in [-0.2, -0.15) is 18.3 Å². The van der Waals surface area contributed by atoms with E-state index < -0.39 is 29.5 Å². The highest BCUT2D eigenvalue weighted by Gasteiger charge is 2.30. The van der Waals surface area contributed by atoms with Crippen molar-refractivity contribution < 1.29 is 37.0 Å². The van der Waals surface area contributed by atoms with Crippen LogP contribution in [0.3, 0.4) is 0 Å². The Morgan fingerprint density at radius 3 is 2.25 bits per heavy atom. The number of benzene rings is 2. The van der Waals surface area contributed by atoms with Crippen LogP contribution in [0.5, 0.6) is 11.5 Å². The second-order valence-electron chi connectivity index (χ2n) is 6.29. The van der Waals surface area contributed by atoms with Crippen LogP contribution in [-0.2, 0) is 20.6 Å². The molecule has 0 spiro atoms. The molecule has 0 aliphatic carbocycles. The van der Waals surface area contributed by atoms with E-state index in [1.165, 1.54) is 19.2 Å². The summed E-state index contributed by atoms with van der Waals surface area (Å²) in [6, 6.07) is 8.22. The van der Waals surface area contributed by atoms with Gasteiger partial charge in [-0.05, 0) is 49.4 Å². The molecule has 12 heteroatoms. The summed E-state index contributed by atoms with van der Waals surface area (Å²) in [6.45, 7) is 1.21. The summed E-state index contributed by atoms with van der Waals surface area (Å²) in [5, 5.41) is 5.99. The van der Waals surface area contributed by atoms with Gasteiger partial charge >= 0.3 is 18.0 Å². The predicted molar refractivity (Wildman–Crippen MR) is 108 cm³/mol. The average molecular weight is 452 g/mol. The lowest BCUT2D eigenvalue weighted by molar-refractivity contribution is -0.137. The van der Waals surface area contributed by atoms with Gasteiger partial charge in [0.1, 0.15) is 0 Å². The van der Waals surface area contributed by atoms with E-state index in [-0.39, 0.29) is 23.8 Å². The third kappa shape index (κ3) is 6.72. The van der Waals surface area contributed by atoms with Gasteiger partial charge in [-0.1, -0.05) is 0 Å². The summed E-state index contributed by atoms with van der Waals surface area (Å²) in [6.07, 6.45) is -4.51. The van der Waals surface area contributed by atoms with Gasteiger partial charge in [0.05, 0.1) is 18.4 Å². The molecule has 0 radical (unpaired) electrons. The topological polar surface area (TPSA) is 132 Å². The minimum atomic E-state index is -4.51. The first kappa shape index (κ1) is 24.2. The number of amides is 3. The maximum Gasteiger partial charge on any atom is 0.416 e. The van der Waals surface area contributed by atoms with E-state index in [1.54, 1.807) is 13.0 Å². The zero-order chi connectivity index (χ0) is 23.9. The molecule has 2 aromatic rings. The Balaban J connectivity index is 2.01. The predicted octanol–water partition coefficient (Wildman–Crippen LogP) is 2.06. The van der Waals surface area contributed by atoms with Gasteiger partial charge in [0, 0.05) is 11.3 Å². The van der Waals surface area contributed by atoms with Crippen LogP contribution in [0.15, 0.2) is 47.6 Å². The molecular formula is C20H19F3N4O5. The molecule has 0 unspecified atom stereocenters. The molecule has 0 saturated carbocycles. The van der Waals surface area contributed by atoms with Gasteiger partial charge in [0.15, 0.2) is 18.1 Å². The van der Waals surface area contributed by atoms with Crippen molar-refractivity contribution in [1.29, 1.82) is 0 Å². The summed E-state index contributed by atoms with van der Waals surface area (Å²) in [5.74, 6) is -2.36. The van der Waals surface area contributed by atoms with Crippen LogP contribution >= 0.6 is 0 Å². The minimum Gasteiger partial charge on any atom is -0.493 e. The molecule has 0 aliphatic heterocycles. The highest BCUT2D eigenvalue weighted by Crippen LogP contribution is 2.30. The Morgan fingerprint density at radius 1 is 1.03 bits per heavy atom. The zero-order valence-corrected chi connectivity index (χ0v) is 16.9. The molecule has 0 heterocycles. The average Bonchev–Trinajstić information content (AvgIpc) is 2.75. The first-order valence-electron chi connectivity index (χ1n) is 8.93. The number of nitrogens with one attached hydrogen (secondary N) is 2. The van der Waals surface area contributed by atoms with Crippen molar-refractivity contribution in [2.75, 3.05) is 19.0 Å². The largest absolute Gasteiger partial charge is 0.493 e. The normalized spacial score (nSPS) is 11.5. The monoisotopic (exact) mass is 452 g/mol. The highest BCUT2D eigenvalue weighted by molar-refractivity contribution is 6.39. The van der Waals surface area contributed by atoms with Gasteiger partial charge in [-0.25, -0.2) is 5.43 Å². The van der Waals surface area contributed by atoms with Crippen molar-refractivity contribution in [3.8, 4) is 11.5 Å². The molecule has 9 nitrogen and oxygen atoms in total. The van der Waals surface area contributed by atoms with E-state index in [9.17, 15) is 27.6 Å². The molecule has 2 rings (SSSR count). The number of nitrogens with zero attached hydrogens (tertiary/aromatic N) is 1. The number of hydrazone groups is 1. The van der Waals surface area contributed by atoms with Crippen molar-refractivity contribution >= 4 is 29.1 Å². The Hall–Kier alpha value is -4.09. The summed E-state index contributed by atoms with van der Waals surface area (Å²) >= 11 is 0. The van der Waals surface area contributed by atoms with Crippen LogP contribution in [0, 0.1) is 0 Å². The van der Waals surface area contributed by atoms with Crippen LogP contribution in [-0.4, -0.2) is 37.1 Å². The minimum absolute atomic E-state index is 0.00939. The molecule has 0 bridgehead atoms. The third-order valence-electron chi connectivity index (χ3n) is 3.95. The fraction of sp³-hybridized carbons (Fsp3) is 0.200. The van der Waals surface area contributed by atoms with Crippen molar-refractivity contribution in [3.63, 3.8) is 0 Å². The Bertz CT molecular complexity index is 1040. The molecule has 170 valence electrons. The lowest BCUT2D eigenvalue weighted by Gasteiger charge is -2.11. The number of hydrogen-bond donors (Lipinski definition) is 3. The number of carbonyl (C=O) groups is 3. The van der Waals surface area contributed by atoms with E-state index in [1.807, 2.05) is 0 Å². The lowest BCUT2D eigenvalue weighted by Crippen LogP contribution is -2.33. The number of ether oxygens (including phenoxy) is 2. The van der Waals surface area contributed by atoms with Crippen LogP contribution in [0.25, 0.3) is 0 Å². The Kier molecular flexibility index (Phi) is 7.77. The van der Waals surface area contributed by atoms with E-state index >= 15 is 0 Å². The van der Waals surface area contributed by atoms with Crippen LogP contribution in [0.4, 0.5) is 18.9 Å². The van der Waals surface area contributed by atoms with Crippen molar-refractivity contribution in [3.05, 3.63) is 53.6 Å². The number of alkyl halides is 3. The van der Waals surface area contributed by atoms with Crippen molar-refractivity contribution in [2.45, 2.75) is 13.1 Å². The first-order valence-corrected chi connectivity index (χ1v) is 8.93. The van der Waals surface area contributed by atoms with Crippen LogP contribution in [0.2, 0.25) is 0 Å². The summed E-state index contributed by atoms with van der Waals surface area (Å²) in [5.41, 5.74) is 7.02. The van der Waals surface area contributed by atoms with Crippen LogP contribution in [0.1, 0.15) is 18.1 Å². The smallest absolute Gasteiger partial charge is 0.416 e. The zero-order valence-electron chi connectivity index (χ0n) is 16.9. The van der Waals surface area contributed by atoms with E-state index in [0.717, 1.165) is 24.3 Å². The van der Waals surface area contributed by atoms with Gasteiger partial charge in [-0.15, -0.1) is 0 Å². The van der Waals surface area contributed by atoms with E-state index in [4.69, 9.17) is 15.2 Å². The molecule has 4 N–H and O–H groups in total. The molecule has 0 atom stereocenters. The maximum atomic E-state index is 12.6. The number of primary amides is 1. The van der Waals surface area contributed by atoms with Crippen molar-refractivity contribution in [2.24, 2.45) is 10.8 Å². The summed E-state index contributed by atoms with van der Waals surface area (Å²) in [7, 11) is 1.38. The summed E-state index contributed by atoms with van der Waals surface area (Å²) in [4.78, 5) is 34.7. The molecule has 2 aromatic carbocycles. The molecule has 32 heavy (non-hydrogen) atoms. The Morgan fingerprint density at radius 2 is 1.69 bits per heavy atom. The molecule has 0 aliphatic rings. The fourth-order valence-corrected chi connectivity index (χ4v) is 2.34. The van der Waals surface area contributed by atoms with E-state index in [0.29, 0.717) is 11.3 Å². The second-order valence-corrected chi connectivity index (χ2v) is 6.29. The number of methoxy groups -OCH3 is 1. The first-order chi connectivity index (χ1) is 15.0. The number of rotatable bonds is 7. The molecule has 0 saturated heterocycles. The highest BCUT2D eigenvalue weighted by atomic mass is 19.4. The van der Waals surface area contributed by atoms with Gasteiger partial charge in [0.2, 0.25) is 0 Å². The quantitative estimate of drug-likeness (QED) is 0.336. The number of hydrogen-bond acceptors (Lipinski definition) is 6. The number of halogens is 3. The third-order valence-corrected chi connectivity index (χ3v) is 3.95. The number of anilines is 1. The van der Waals surface area contributed by atoms with E-state index in [2.05, 4.69) is 15.8 Å². The standard InChI is InChI=1S/C20H19F3N4O5/c1-11(12-3-8-15(16(9-12)31-2)32-10-17(24)28)26-27-19(30)18(29)25-14-6-4-13(5-7-14)20(21,22)23/h3-9H,10H2,1-2H3,(H2,24,28)(H,25,29)(H,27,30)/b26-11+. The van der Waals surface area contributed by atoms with Gasteiger partial charge < -0.3 is 20.5 Å². The second kappa shape index (κ2) is 10.3. The SMILES string of the molecule is COc1cc(/C(C)=N/NC(=O)C(=O)Nc2ccc(C(F)(F)F)cc2)ccc1OCC(N)=O. The number of nitrogens with two attached hydrogens (primary N) is 1.